The van der Waals surface area contributed by atoms with Gasteiger partial charge in [-0.15, -0.1) is 0 Å². The van der Waals surface area contributed by atoms with Gasteiger partial charge in [0.15, 0.2) is 0 Å². The van der Waals surface area contributed by atoms with Crippen LogP contribution in [0.5, 0.6) is 0 Å². The summed E-state index contributed by atoms with van der Waals surface area (Å²) in [5.41, 5.74) is 5.90. The normalized spacial score (nSPS) is 23.5. The number of carbonyl (C=O) groups is 1. The van der Waals surface area contributed by atoms with E-state index in [1.807, 2.05) is 12.1 Å². The summed E-state index contributed by atoms with van der Waals surface area (Å²) >= 11 is 0. The number of benzene rings is 2. The number of hydrogen-bond acceptors (Lipinski definition) is 3. The standard InChI is InChI=1S/C22H23NO2/c1-3-14-6-4-8-18-17-7-5-9-19(17)21(23-20(14)18)15-10-12-16(13-11-15)22(24)25-2/h4-8,10-13,17,19,21,23H,3,9H2,1-2H3. The topological polar surface area (TPSA) is 38.3 Å². The molecule has 2 aromatic rings. The van der Waals surface area contributed by atoms with E-state index in [0.717, 1.165) is 12.8 Å². The number of carbonyl (C=O) groups excluding carboxylic acids is 1. The van der Waals surface area contributed by atoms with Crippen LogP contribution in [-0.2, 0) is 11.2 Å². The summed E-state index contributed by atoms with van der Waals surface area (Å²) in [7, 11) is 1.41. The molecular weight excluding hydrogens is 310 g/mol. The lowest BCUT2D eigenvalue weighted by Crippen LogP contribution is -2.29. The highest BCUT2D eigenvalue weighted by Gasteiger charge is 2.38. The van der Waals surface area contributed by atoms with Crippen LogP contribution in [0, 0.1) is 5.92 Å². The molecule has 0 amide bonds. The predicted octanol–water partition coefficient (Wildman–Crippen LogP) is 4.86. The number of anilines is 1. The van der Waals surface area contributed by atoms with Crippen LogP contribution in [-0.4, -0.2) is 13.1 Å². The number of rotatable bonds is 3. The van der Waals surface area contributed by atoms with Gasteiger partial charge in [-0.25, -0.2) is 4.79 Å². The van der Waals surface area contributed by atoms with Crippen molar-refractivity contribution in [2.75, 3.05) is 12.4 Å². The lowest BCUT2D eigenvalue weighted by Gasteiger charge is -2.38. The lowest BCUT2D eigenvalue weighted by atomic mass is 9.76. The minimum atomic E-state index is -0.290. The molecule has 4 rings (SSSR count). The quantitative estimate of drug-likeness (QED) is 0.644. The number of hydrogen-bond donors (Lipinski definition) is 1. The lowest BCUT2D eigenvalue weighted by molar-refractivity contribution is 0.0600. The Morgan fingerprint density at radius 2 is 2.00 bits per heavy atom. The Kier molecular flexibility index (Phi) is 4.08. The molecule has 2 aliphatic rings. The maximum absolute atomic E-state index is 11.7. The third kappa shape index (κ3) is 2.64. The van der Waals surface area contributed by atoms with Gasteiger partial charge in [0, 0.05) is 11.6 Å². The van der Waals surface area contributed by atoms with E-state index in [4.69, 9.17) is 4.74 Å². The summed E-state index contributed by atoms with van der Waals surface area (Å²) in [6, 6.07) is 14.7. The van der Waals surface area contributed by atoms with Gasteiger partial charge in [0.05, 0.1) is 18.7 Å². The van der Waals surface area contributed by atoms with Gasteiger partial charge >= 0.3 is 5.97 Å². The second-order valence-corrected chi connectivity index (χ2v) is 6.82. The zero-order valence-corrected chi connectivity index (χ0v) is 14.7. The zero-order valence-electron chi connectivity index (χ0n) is 14.7. The van der Waals surface area contributed by atoms with Crippen LogP contribution in [0.2, 0.25) is 0 Å². The number of nitrogens with one attached hydrogen (secondary N) is 1. The van der Waals surface area contributed by atoms with Crippen molar-refractivity contribution in [3.8, 4) is 0 Å². The molecule has 3 heteroatoms. The van der Waals surface area contributed by atoms with E-state index in [1.165, 1.54) is 29.5 Å². The Balaban J connectivity index is 1.72. The summed E-state index contributed by atoms with van der Waals surface area (Å²) in [6.45, 7) is 2.20. The molecule has 1 aliphatic carbocycles. The maximum atomic E-state index is 11.7. The molecule has 1 aliphatic heterocycles. The first kappa shape index (κ1) is 15.9. The van der Waals surface area contributed by atoms with Gasteiger partial charge in [0.2, 0.25) is 0 Å². The van der Waals surface area contributed by atoms with Crippen LogP contribution in [0.1, 0.15) is 52.4 Å². The number of allylic oxidation sites excluding steroid dienone is 2. The minimum absolute atomic E-state index is 0.256. The van der Waals surface area contributed by atoms with Gasteiger partial charge in [-0.2, -0.15) is 0 Å². The van der Waals surface area contributed by atoms with E-state index in [9.17, 15) is 4.79 Å². The first-order chi connectivity index (χ1) is 12.2. The molecule has 0 fully saturated rings. The molecule has 0 saturated heterocycles. The average Bonchev–Trinajstić information content (AvgIpc) is 3.16. The summed E-state index contributed by atoms with van der Waals surface area (Å²) in [6.07, 6.45) is 6.77. The Morgan fingerprint density at radius 1 is 1.20 bits per heavy atom. The molecule has 0 aromatic heterocycles. The van der Waals surface area contributed by atoms with E-state index in [-0.39, 0.29) is 12.0 Å². The van der Waals surface area contributed by atoms with Crippen molar-refractivity contribution in [1.29, 1.82) is 0 Å². The van der Waals surface area contributed by atoms with Crippen LogP contribution in [0.15, 0.2) is 54.6 Å². The van der Waals surface area contributed by atoms with Crippen LogP contribution in [0.4, 0.5) is 5.69 Å². The second-order valence-electron chi connectivity index (χ2n) is 6.82. The summed E-state index contributed by atoms with van der Waals surface area (Å²) in [5, 5.41) is 3.81. The Bertz CT molecular complexity index is 822. The first-order valence-corrected chi connectivity index (χ1v) is 8.96. The fourth-order valence-electron chi connectivity index (χ4n) is 4.26. The second kappa shape index (κ2) is 6.40. The number of para-hydroxylation sites is 1. The molecule has 25 heavy (non-hydrogen) atoms. The molecule has 3 unspecified atom stereocenters. The van der Waals surface area contributed by atoms with Crippen LogP contribution in [0.3, 0.4) is 0 Å². The van der Waals surface area contributed by atoms with Crippen LogP contribution in [0.25, 0.3) is 0 Å². The van der Waals surface area contributed by atoms with E-state index >= 15 is 0 Å². The number of aryl methyl sites for hydroxylation is 1. The van der Waals surface area contributed by atoms with Gasteiger partial charge in [-0.1, -0.05) is 49.4 Å². The van der Waals surface area contributed by atoms with E-state index in [1.54, 1.807) is 0 Å². The number of esters is 1. The summed E-state index contributed by atoms with van der Waals surface area (Å²) in [5.74, 6) is 0.693. The zero-order chi connectivity index (χ0) is 17.4. The molecule has 0 radical (unpaired) electrons. The van der Waals surface area contributed by atoms with Crippen molar-refractivity contribution >= 4 is 11.7 Å². The molecular formula is C22H23NO2. The van der Waals surface area contributed by atoms with Crippen molar-refractivity contribution < 1.29 is 9.53 Å². The fourth-order valence-corrected chi connectivity index (χ4v) is 4.26. The number of fused-ring (bicyclic) bond motifs is 3. The maximum Gasteiger partial charge on any atom is 0.337 e. The monoisotopic (exact) mass is 333 g/mol. The Hall–Kier alpha value is -2.55. The van der Waals surface area contributed by atoms with E-state index < -0.39 is 0 Å². The fraction of sp³-hybridized carbons (Fsp3) is 0.318. The highest BCUT2D eigenvalue weighted by atomic mass is 16.5. The van der Waals surface area contributed by atoms with Gasteiger partial charge in [0.1, 0.15) is 0 Å². The van der Waals surface area contributed by atoms with Crippen LogP contribution < -0.4 is 5.32 Å². The van der Waals surface area contributed by atoms with E-state index in [0.29, 0.717) is 17.4 Å². The molecule has 2 aromatic carbocycles. The molecule has 0 bridgehead atoms. The van der Waals surface area contributed by atoms with Crippen molar-refractivity contribution in [3.63, 3.8) is 0 Å². The summed E-state index contributed by atoms with van der Waals surface area (Å²) < 4.78 is 4.80. The average molecular weight is 333 g/mol. The predicted molar refractivity (Wildman–Crippen MR) is 100.0 cm³/mol. The molecule has 1 heterocycles. The van der Waals surface area contributed by atoms with Crippen molar-refractivity contribution in [1.82, 2.24) is 0 Å². The highest BCUT2D eigenvalue weighted by Crippen LogP contribution is 2.50. The number of ether oxygens (including phenoxy) is 1. The molecule has 0 spiro atoms. The Labute approximate surface area is 148 Å². The molecule has 0 saturated carbocycles. The molecule has 3 atom stereocenters. The van der Waals surface area contributed by atoms with Gasteiger partial charge in [-0.3, -0.25) is 0 Å². The van der Waals surface area contributed by atoms with Crippen LogP contribution >= 0.6 is 0 Å². The van der Waals surface area contributed by atoms with Crippen molar-refractivity contribution in [3.05, 3.63) is 76.9 Å². The minimum Gasteiger partial charge on any atom is -0.465 e. The van der Waals surface area contributed by atoms with Crippen molar-refractivity contribution in [2.45, 2.75) is 31.7 Å². The smallest absolute Gasteiger partial charge is 0.337 e. The third-order valence-electron chi connectivity index (χ3n) is 5.55. The van der Waals surface area contributed by atoms with E-state index in [2.05, 4.69) is 54.7 Å². The number of methoxy groups -OCH3 is 1. The van der Waals surface area contributed by atoms with Gasteiger partial charge in [0.25, 0.3) is 0 Å². The van der Waals surface area contributed by atoms with Gasteiger partial charge < -0.3 is 10.1 Å². The molecule has 128 valence electrons. The molecule has 3 nitrogen and oxygen atoms in total. The first-order valence-electron chi connectivity index (χ1n) is 8.96. The van der Waals surface area contributed by atoms with Crippen molar-refractivity contribution in [2.24, 2.45) is 5.92 Å². The molecule has 1 N–H and O–H groups in total. The Morgan fingerprint density at radius 3 is 2.72 bits per heavy atom. The SMILES string of the molecule is CCc1cccc2c1NC(c1ccc(C(=O)OC)cc1)C1CC=CC21. The largest absolute Gasteiger partial charge is 0.465 e. The summed E-state index contributed by atoms with van der Waals surface area (Å²) in [4.78, 5) is 11.7. The van der Waals surface area contributed by atoms with Gasteiger partial charge in [-0.05, 0) is 47.6 Å². The third-order valence-corrected chi connectivity index (χ3v) is 5.55. The highest BCUT2D eigenvalue weighted by molar-refractivity contribution is 5.89.